The van der Waals surface area contributed by atoms with Crippen molar-refractivity contribution in [2.24, 2.45) is 10.9 Å². The van der Waals surface area contributed by atoms with E-state index in [1.54, 1.807) is 0 Å². The molecule has 0 heterocycles. The summed E-state index contributed by atoms with van der Waals surface area (Å²) in [6, 6.07) is 7.22. The molecule has 2 rings (SSSR count). The maximum Gasteiger partial charge on any atom is 0.372 e. The molecule has 0 radical (unpaired) electrons. The van der Waals surface area contributed by atoms with E-state index in [-0.39, 0.29) is 18.1 Å². The van der Waals surface area contributed by atoms with Gasteiger partial charge in [0.25, 0.3) is 5.69 Å². The van der Waals surface area contributed by atoms with Crippen LogP contribution in [0.25, 0.3) is 0 Å². The first-order valence-electron chi connectivity index (χ1n) is 7.88. The van der Waals surface area contributed by atoms with E-state index in [9.17, 15) is 14.9 Å². The first-order chi connectivity index (χ1) is 12.7. The number of nitro benzene ring substituents is 1. The molecule has 142 valence electrons. The third-order valence-electron chi connectivity index (χ3n) is 3.92. The summed E-state index contributed by atoms with van der Waals surface area (Å²) in [4.78, 5) is 26.7. The molecular formula is C18H18BrN3O5. The highest BCUT2D eigenvalue weighted by molar-refractivity contribution is 9.10. The highest BCUT2D eigenvalue weighted by Gasteiger charge is 2.12. The third kappa shape index (κ3) is 5.04. The van der Waals surface area contributed by atoms with Gasteiger partial charge in [0, 0.05) is 22.2 Å². The fourth-order valence-electron chi connectivity index (χ4n) is 2.23. The van der Waals surface area contributed by atoms with E-state index in [1.807, 2.05) is 26.8 Å². The zero-order chi connectivity index (χ0) is 20.1. The Kier molecular flexibility index (Phi) is 6.51. The van der Waals surface area contributed by atoms with E-state index >= 15 is 0 Å². The fourth-order valence-corrected chi connectivity index (χ4v) is 2.64. The molecule has 0 amide bonds. The Morgan fingerprint density at radius 1 is 1.22 bits per heavy atom. The molecule has 8 nitrogen and oxygen atoms in total. The standard InChI is InChI=1S/C18H18BrN3O5/c1-10-8-15(11(2)12(3)17(10)19)26-9-16(23)27-21-18(20)13-4-6-14(7-5-13)22(24)25/h4-8H,9H2,1-3H3,(H2,20,21). The second-order valence-corrected chi connectivity index (χ2v) is 6.58. The summed E-state index contributed by atoms with van der Waals surface area (Å²) < 4.78 is 6.51. The monoisotopic (exact) mass is 435 g/mol. The summed E-state index contributed by atoms with van der Waals surface area (Å²) in [5.74, 6) is -0.222. The van der Waals surface area contributed by atoms with Crippen molar-refractivity contribution in [1.29, 1.82) is 0 Å². The lowest BCUT2D eigenvalue weighted by molar-refractivity contribution is -0.384. The van der Waals surface area contributed by atoms with Gasteiger partial charge >= 0.3 is 5.97 Å². The maximum absolute atomic E-state index is 11.8. The van der Waals surface area contributed by atoms with Crippen LogP contribution in [-0.2, 0) is 9.63 Å². The molecule has 0 aliphatic heterocycles. The molecule has 9 heteroatoms. The van der Waals surface area contributed by atoms with E-state index in [4.69, 9.17) is 15.3 Å². The Morgan fingerprint density at radius 2 is 1.85 bits per heavy atom. The largest absolute Gasteiger partial charge is 0.482 e. The van der Waals surface area contributed by atoms with Crippen molar-refractivity contribution in [3.05, 3.63) is 67.2 Å². The number of nitrogens with two attached hydrogens (primary N) is 1. The molecule has 0 spiro atoms. The molecule has 0 aliphatic rings. The number of aryl methyl sites for hydroxylation is 1. The zero-order valence-corrected chi connectivity index (χ0v) is 16.6. The van der Waals surface area contributed by atoms with Gasteiger partial charge in [-0.3, -0.25) is 10.1 Å². The van der Waals surface area contributed by atoms with Crippen LogP contribution in [0.5, 0.6) is 5.75 Å². The smallest absolute Gasteiger partial charge is 0.372 e. The summed E-state index contributed by atoms with van der Waals surface area (Å²) in [5, 5.41) is 14.2. The lowest BCUT2D eigenvalue weighted by Crippen LogP contribution is -2.18. The minimum absolute atomic E-state index is 0.0765. The molecule has 27 heavy (non-hydrogen) atoms. The van der Waals surface area contributed by atoms with E-state index < -0.39 is 10.9 Å². The quantitative estimate of drug-likeness (QED) is 0.244. The van der Waals surface area contributed by atoms with E-state index in [2.05, 4.69) is 21.1 Å². The molecule has 0 bridgehead atoms. The summed E-state index contributed by atoms with van der Waals surface area (Å²) in [6.07, 6.45) is 0. The van der Waals surface area contributed by atoms with Crippen LogP contribution >= 0.6 is 15.9 Å². The van der Waals surface area contributed by atoms with Gasteiger partial charge < -0.3 is 15.3 Å². The average Bonchev–Trinajstić information content (AvgIpc) is 2.66. The van der Waals surface area contributed by atoms with Crippen molar-refractivity contribution in [3.63, 3.8) is 0 Å². The van der Waals surface area contributed by atoms with Crippen molar-refractivity contribution in [3.8, 4) is 5.75 Å². The number of oxime groups is 1. The predicted molar refractivity (Wildman–Crippen MR) is 104 cm³/mol. The van der Waals surface area contributed by atoms with Crippen LogP contribution in [0.15, 0.2) is 40.0 Å². The zero-order valence-electron chi connectivity index (χ0n) is 15.0. The average molecular weight is 436 g/mol. The molecule has 0 aliphatic carbocycles. The van der Waals surface area contributed by atoms with Gasteiger partial charge in [0.15, 0.2) is 12.4 Å². The molecule has 0 saturated heterocycles. The van der Waals surface area contributed by atoms with Gasteiger partial charge in [0.2, 0.25) is 0 Å². The second kappa shape index (κ2) is 8.63. The molecule has 0 aromatic heterocycles. The molecule has 0 fully saturated rings. The molecule has 0 unspecified atom stereocenters. The Labute approximate surface area is 164 Å². The lowest BCUT2D eigenvalue weighted by Gasteiger charge is -2.13. The van der Waals surface area contributed by atoms with Crippen LogP contribution in [-0.4, -0.2) is 23.3 Å². The van der Waals surface area contributed by atoms with Crippen LogP contribution in [0, 0.1) is 30.9 Å². The molecule has 0 saturated carbocycles. The van der Waals surface area contributed by atoms with Crippen molar-refractivity contribution < 1.29 is 19.3 Å². The van der Waals surface area contributed by atoms with Gasteiger partial charge in [-0.25, -0.2) is 4.79 Å². The number of rotatable bonds is 6. The Bertz CT molecular complexity index is 910. The topological polar surface area (TPSA) is 117 Å². The summed E-state index contributed by atoms with van der Waals surface area (Å²) in [5.41, 5.74) is 8.96. The number of hydrogen-bond acceptors (Lipinski definition) is 6. The van der Waals surface area contributed by atoms with E-state index in [1.165, 1.54) is 24.3 Å². The highest BCUT2D eigenvalue weighted by Crippen LogP contribution is 2.31. The molecule has 0 atom stereocenters. The van der Waals surface area contributed by atoms with Crippen LogP contribution in [0.1, 0.15) is 22.3 Å². The normalized spacial score (nSPS) is 11.2. The highest BCUT2D eigenvalue weighted by atomic mass is 79.9. The predicted octanol–water partition coefficient (Wildman–Crippen LogP) is 3.53. The van der Waals surface area contributed by atoms with Gasteiger partial charge in [0.05, 0.1) is 4.92 Å². The first kappa shape index (κ1) is 20.4. The van der Waals surface area contributed by atoms with Crippen LogP contribution in [0.3, 0.4) is 0 Å². The Balaban J connectivity index is 1.98. The fraction of sp³-hybridized carbons (Fsp3) is 0.222. The van der Waals surface area contributed by atoms with Gasteiger partial charge in [0.1, 0.15) is 5.75 Å². The Hall–Kier alpha value is -2.94. The van der Waals surface area contributed by atoms with Crippen molar-refractivity contribution >= 4 is 33.4 Å². The number of carbonyl (C=O) groups excluding carboxylic acids is 1. The number of non-ortho nitro benzene ring substituents is 1. The van der Waals surface area contributed by atoms with Gasteiger partial charge in [-0.05, 0) is 55.7 Å². The summed E-state index contributed by atoms with van der Waals surface area (Å²) >= 11 is 3.50. The van der Waals surface area contributed by atoms with Crippen LogP contribution in [0.4, 0.5) is 5.69 Å². The Morgan fingerprint density at radius 3 is 2.44 bits per heavy atom. The van der Waals surface area contributed by atoms with Gasteiger partial charge in [-0.15, -0.1) is 0 Å². The number of amidine groups is 1. The second-order valence-electron chi connectivity index (χ2n) is 5.79. The molecular weight excluding hydrogens is 418 g/mol. The van der Waals surface area contributed by atoms with E-state index in [0.717, 1.165) is 21.2 Å². The minimum Gasteiger partial charge on any atom is -0.482 e. The maximum atomic E-state index is 11.8. The van der Waals surface area contributed by atoms with Crippen LogP contribution in [0.2, 0.25) is 0 Å². The first-order valence-corrected chi connectivity index (χ1v) is 8.67. The summed E-state index contributed by atoms with van der Waals surface area (Å²) in [7, 11) is 0. The van der Waals surface area contributed by atoms with Gasteiger partial charge in [-0.1, -0.05) is 21.1 Å². The number of nitrogens with zero attached hydrogens (tertiary/aromatic N) is 2. The third-order valence-corrected chi connectivity index (χ3v) is 5.14. The molecule has 2 aromatic rings. The molecule has 2 N–H and O–H groups in total. The minimum atomic E-state index is -0.725. The number of halogens is 1. The van der Waals surface area contributed by atoms with Crippen molar-refractivity contribution in [1.82, 2.24) is 0 Å². The SMILES string of the molecule is Cc1cc(OCC(=O)O/N=C(\N)c2ccc([N+](=O)[O-])cc2)c(C)c(C)c1Br. The van der Waals surface area contributed by atoms with Gasteiger partial charge in [-0.2, -0.15) is 0 Å². The summed E-state index contributed by atoms with van der Waals surface area (Å²) in [6.45, 7) is 5.44. The van der Waals surface area contributed by atoms with Crippen LogP contribution < -0.4 is 10.5 Å². The number of carbonyl (C=O) groups is 1. The van der Waals surface area contributed by atoms with E-state index in [0.29, 0.717) is 11.3 Å². The number of benzene rings is 2. The lowest BCUT2D eigenvalue weighted by atomic mass is 10.1. The number of nitro groups is 1. The van der Waals surface area contributed by atoms with Crippen molar-refractivity contribution in [2.45, 2.75) is 20.8 Å². The van der Waals surface area contributed by atoms with Crippen molar-refractivity contribution in [2.75, 3.05) is 6.61 Å². The number of ether oxygens (including phenoxy) is 1. The molecule has 2 aromatic carbocycles. The number of hydrogen-bond donors (Lipinski definition) is 1.